The smallest absolute Gasteiger partial charge is 0.305 e. The standard InChI is InChI=1S/C13H15BrO3/c1-17-13(16)8-3-2-7-12(15)10-5-4-6-11(14)9-10/h4-6,9H,2-3,7-8H2,1H3. The number of hydrogen-bond donors (Lipinski definition) is 0. The van der Waals surface area contributed by atoms with Crippen LogP contribution in [0.2, 0.25) is 0 Å². The van der Waals surface area contributed by atoms with E-state index in [4.69, 9.17) is 0 Å². The van der Waals surface area contributed by atoms with Crippen LogP contribution < -0.4 is 0 Å². The Morgan fingerprint density at radius 2 is 1.94 bits per heavy atom. The van der Waals surface area contributed by atoms with E-state index in [2.05, 4.69) is 20.7 Å². The molecule has 0 saturated heterocycles. The van der Waals surface area contributed by atoms with E-state index in [1.165, 1.54) is 7.11 Å². The highest BCUT2D eigenvalue weighted by atomic mass is 79.9. The van der Waals surface area contributed by atoms with Crippen molar-refractivity contribution in [3.63, 3.8) is 0 Å². The van der Waals surface area contributed by atoms with E-state index >= 15 is 0 Å². The van der Waals surface area contributed by atoms with Crippen molar-refractivity contribution < 1.29 is 14.3 Å². The highest BCUT2D eigenvalue weighted by Gasteiger charge is 2.06. The van der Waals surface area contributed by atoms with Crippen LogP contribution >= 0.6 is 15.9 Å². The van der Waals surface area contributed by atoms with Crippen LogP contribution in [0.4, 0.5) is 0 Å². The van der Waals surface area contributed by atoms with Crippen LogP contribution in [0.5, 0.6) is 0 Å². The monoisotopic (exact) mass is 298 g/mol. The highest BCUT2D eigenvalue weighted by Crippen LogP contribution is 2.14. The minimum Gasteiger partial charge on any atom is -0.469 e. The van der Waals surface area contributed by atoms with Crippen molar-refractivity contribution in [2.75, 3.05) is 7.11 Å². The lowest BCUT2D eigenvalue weighted by atomic mass is 10.0. The first-order chi connectivity index (χ1) is 8.13. The average molecular weight is 299 g/mol. The third-order valence-electron chi connectivity index (χ3n) is 2.41. The average Bonchev–Trinajstić information content (AvgIpc) is 2.34. The summed E-state index contributed by atoms with van der Waals surface area (Å²) in [4.78, 5) is 22.6. The molecule has 0 aliphatic rings. The molecule has 0 saturated carbocycles. The Morgan fingerprint density at radius 3 is 2.59 bits per heavy atom. The summed E-state index contributed by atoms with van der Waals surface area (Å²) in [6.07, 6.45) is 2.24. The van der Waals surface area contributed by atoms with Crippen LogP contribution in [0.1, 0.15) is 36.0 Å². The molecule has 0 N–H and O–H groups in total. The number of unbranched alkanes of at least 4 members (excludes halogenated alkanes) is 1. The molecule has 1 aromatic rings. The fourth-order valence-corrected chi connectivity index (χ4v) is 1.86. The Hall–Kier alpha value is -1.16. The van der Waals surface area contributed by atoms with Gasteiger partial charge in [0.15, 0.2) is 5.78 Å². The third-order valence-corrected chi connectivity index (χ3v) is 2.90. The summed E-state index contributed by atoms with van der Waals surface area (Å²) in [5, 5.41) is 0. The topological polar surface area (TPSA) is 43.4 Å². The summed E-state index contributed by atoms with van der Waals surface area (Å²) in [5.41, 5.74) is 0.706. The second-order valence-electron chi connectivity index (χ2n) is 3.72. The van der Waals surface area contributed by atoms with E-state index < -0.39 is 0 Å². The summed E-state index contributed by atoms with van der Waals surface area (Å²) in [5.74, 6) is -0.115. The molecule has 0 heterocycles. The van der Waals surface area contributed by atoms with Gasteiger partial charge in [-0.1, -0.05) is 28.1 Å². The maximum atomic E-state index is 11.8. The molecule has 0 amide bonds. The molecule has 1 rings (SSSR count). The lowest BCUT2D eigenvalue weighted by molar-refractivity contribution is -0.140. The van der Waals surface area contributed by atoms with Crippen LogP contribution in [-0.4, -0.2) is 18.9 Å². The Bertz CT molecular complexity index is 401. The molecule has 17 heavy (non-hydrogen) atoms. The zero-order valence-corrected chi connectivity index (χ0v) is 11.3. The molecule has 1 aromatic carbocycles. The summed E-state index contributed by atoms with van der Waals surface area (Å²) < 4.78 is 5.43. The Balaban J connectivity index is 2.33. The van der Waals surface area contributed by atoms with Gasteiger partial charge in [0.25, 0.3) is 0 Å². The first-order valence-electron chi connectivity index (χ1n) is 5.49. The zero-order valence-electron chi connectivity index (χ0n) is 9.74. The molecule has 0 aromatic heterocycles. The molecule has 0 bridgehead atoms. The predicted octanol–water partition coefficient (Wildman–Crippen LogP) is 3.37. The van der Waals surface area contributed by atoms with Crippen molar-refractivity contribution in [1.82, 2.24) is 0 Å². The third kappa shape index (κ3) is 5.13. The minimum absolute atomic E-state index is 0.108. The number of rotatable bonds is 6. The van der Waals surface area contributed by atoms with Gasteiger partial charge in [0.05, 0.1) is 7.11 Å². The number of ether oxygens (including phenoxy) is 1. The molecule has 92 valence electrons. The van der Waals surface area contributed by atoms with Gasteiger partial charge >= 0.3 is 5.97 Å². The van der Waals surface area contributed by atoms with Gasteiger partial charge in [-0.2, -0.15) is 0 Å². The van der Waals surface area contributed by atoms with Crippen molar-refractivity contribution in [2.45, 2.75) is 25.7 Å². The van der Waals surface area contributed by atoms with E-state index in [0.717, 1.165) is 4.47 Å². The quantitative estimate of drug-likeness (QED) is 0.459. The number of methoxy groups -OCH3 is 1. The van der Waals surface area contributed by atoms with E-state index in [0.29, 0.717) is 31.2 Å². The number of carbonyl (C=O) groups excluding carboxylic acids is 2. The number of halogens is 1. The maximum Gasteiger partial charge on any atom is 0.305 e. The summed E-state index contributed by atoms with van der Waals surface area (Å²) in [6, 6.07) is 7.33. The number of benzene rings is 1. The molecular weight excluding hydrogens is 284 g/mol. The van der Waals surface area contributed by atoms with Gasteiger partial charge in [-0.15, -0.1) is 0 Å². The summed E-state index contributed by atoms with van der Waals surface area (Å²) in [7, 11) is 1.37. The van der Waals surface area contributed by atoms with Crippen LogP contribution in [0.15, 0.2) is 28.7 Å². The number of esters is 1. The van der Waals surface area contributed by atoms with Gasteiger partial charge in [0.1, 0.15) is 0 Å². The molecule has 4 heteroatoms. The number of carbonyl (C=O) groups is 2. The zero-order chi connectivity index (χ0) is 12.7. The number of hydrogen-bond acceptors (Lipinski definition) is 3. The largest absolute Gasteiger partial charge is 0.469 e. The van der Waals surface area contributed by atoms with Gasteiger partial charge in [-0.05, 0) is 25.0 Å². The summed E-state index contributed by atoms with van der Waals surface area (Å²) >= 11 is 3.33. The number of Topliss-reactive ketones (excluding diaryl/α,β-unsaturated/α-hetero) is 1. The fraction of sp³-hybridized carbons (Fsp3) is 0.385. The van der Waals surface area contributed by atoms with Crippen molar-refractivity contribution in [1.29, 1.82) is 0 Å². The van der Waals surface area contributed by atoms with Crippen LogP contribution in [0.3, 0.4) is 0 Å². The predicted molar refractivity (Wildman–Crippen MR) is 69.0 cm³/mol. The molecular formula is C13H15BrO3. The van der Waals surface area contributed by atoms with Crippen molar-refractivity contribution >= 4 is 27.7 Å². The minimum atomic E-state index is -0.222. The molecule has 0 aliphatic carbocycles. The first-order valence-corrected chi connectivity index (χ1v) is 6.28. The molecule has 0 aliphatic heterocycles. The first kappa shape index (κ1) is 13.9. The van der Waals surface area contributed by atoms with Gasteiger partial charge in [-0.3, -0.25) is 9.59 Å². The molecule has 0 unspecified atom stereocenters. The van der Waals surface area contributed by atoms with Gasteiger partial charge in [0, 0.05) is 22.9 Å². The molecule has 0 fully saturated rings. The lowest BCUT2D eigenvalue weighted by Gasteiger charge is -2.02. The van der Waals surface area contributed by atoms with Crippen molar-refractivity contribution in [3.8, 4) is 0 Å². The van der Waals surface area contributed by atoms with Crippen LogP contribution in [0.25, 0.3) is 0 Å². The van der Waals surface area contributed by atoms with E-state index in [9.17, 15) is 9.59 Å². The fourth-order valence-electron chi connectivity index (χ4n) is 1.46. The van der Waals surface area contributed by atoms with Crippen LogP contribution in [0, 0.1) is 0 Å². The molecule has 0 radical (unpaired) electrons. The highest BCUT2D eigenvalue weighted by molar-refractivity contribution is 9.10. The lowest BCUT2D eigenvalue weighted by Crippen LogP contribution is -2.02. The molecule has 0 spiro atoms. The Labute approximate surface area is 109 Å². The van der Waals surface area contributed by atoms with Crippen LogP contribution in [-0.2, 0) is 9.53 Å². The second-order valence-corrected chi connectivity index (χ2v) is 4.63. The van der Waals surface area contributed by atoms with Crippen molar-refractivity contribution in [3.05, 3.63) is 34.3 Å². The van der Waals surface area contributed by atoms with Crippen molar-refractivity contribution in [2.24, 2.45) is 0 Å². The maximum absolute atomic E-state index is 11.8. The number of ketones is 1. The Kier molecular flexibility index (Phi) is 5.91. The molecule has 3 nitrogen and oxygen atoms in total. The summed E-state index contributed by atoms with van der Waals surface area (Å²) in [6.45, 7) is 0. The molecule has 0 atom stereocenters. The van der Waals surface area contributed by atoms with Gasteiger partial charge in [-0.25, -0.2) is 0 Å². The Morgan fingerprint density at radius 1 is 1.24 bits per heavy atom. The second kappa shape index (κ2) is 7.22. The SMILES string of the molecule is COC(=O)CCCCC(=O)c1cccc(Br)c1. The van der Waals surface area contributed by atoms with Gasteiger partial charge < -0.3 is 4.74 Å². The normalized spacial score (nSPS) is 10.0. The van der Waals surface area contributed by atoms with E-state index in [1.54, 1.807) is 6.07 Å². The van der Waals surface area contributed by atoms with E-state index in [-0.39, 0.29) is 11.8 Å². The van der Waals surface area contributed by atoms with Gasteiger partial charge in [0.2, 0.25) is 0 Å². The van der Waals surface area contributed by atoms with E-state index in [1.807, 2.05) is 18.2 Å².